The second-order valence-corrected chi connectivity index (χ2v) is 13.6. The lowest BCUT2D eigenvalue weighted by molar-refractivity contribution is 0.00696. The van der Waals surface area contributed by atoms with Crippen LogP contribution < -0.4 is 4.74 Å². The number of nitrogens with zero attached hydrogens (tertiary/aromatic N) is 6. The van der Waals surface area contributed by atoms with Crippen molar-refractivity contribution >= 4 is 22.5 Å². The number of hydrogen-bond donors (Lipinski definition) is 0. The average molecular weight is 607 g/mol. The van der Waals surface area contributed by atoms with Gasteiger partial charge in [-0.3, -0.25) is 4.90 Å². The maximum Gasteiger partial charge on any atom is 0.338 e. The van der Waals surface area contributed by atoms with Crippen molar-refractivity contribution in [2.45, 2.75) is 84.1 Å². The Labute approximate surface area is 264 Å². The van der Waals surface area contributed by atoms with Crippen LogP contribution in [0.3, 0.4) is 0 Å². The van der Waals surface area contributed by atoms with Crippen molar-refractivity contribution < 1.29 is 14.3 Å². The van der Waals surface area contributed by atoms with Gasteiger partial charge in [0.1, 0.15) is 18.0 Å². The highest BCUT2D eigenvalue weighted by molar-refractivity contribution is 5.94. The number of imidazole rings is 1. The van der Waals surface area contributed by atoms with Gasteiger partial charge in [0.15, 0.2) is 0 Å². The first-order valence-corrected chi connectivity index (χ1v) is 16.3. The Bertz CT molecular complexity index is 1810. The van der Waals surface area contributed by atoms with Crippen LogP contribution in [0.15, 0.2) is 66.9 Å². The van der Waals surface area contributed by atoms with E-state index in [1.165, 1.54) is 19.3 Å². The number of benzene rings is 1. The maximum absolute atomic E-state index is 12.9. The Balaban J connectivity index is 1.02. The first kappa shape index (κ1) is 29.5. The minimum atomic E-state index is -0.533. The van der Waals surface area contributed by atoms with E-state index in [0.29, 0.717) is 29.9 Å². The second kappa shape index (κ2) is 12.3. The topological polar surface area (TPSA) is 86.8 Å². The van der Waals surface area contributed by atoms with Gasteiger partial charge in [0, 0.05) is 30.4 Å². The number of esters is 1. The molecule has 0 amide bonds. The molecule has 45 heavy (non-hydrogen) atoms. The Hall–Kier alpha value is -4.24. The molecule has 1 aromatic carbocycles. The lowest BCUT2D eigenvalue weighted by Gasteiger charge is -2.32. The lowest BCUT2D eigenvalue weighted by atomic mass is 9.85. The minimum Gasteiger partial charge on any atom is -0.471 e. The minimum absolute atomic E-state index is 0.289. The molecule has 4 aromatic heterocycles. The summed E-state index contributed by atoms with van der Waals surface area (Å²) in [5, 5.41) is 4.41. The average Bonchev–Trinajstić information content (AvgIpc) is 3.62. The number of carbonyl (C=O) groups is 1. The Kier molecular flexibility index (Phi) is 8.04. The molecule has 0 N–H and O–H groups in total. The molecule has 5 heterocycles. The zero-order valence-corrected chi connectivity index (χ0v) is 26.5. The molecule has 2 aliphatic rings. The van der Waals surface area contributed by atoms with Gasteiger partial charge in [-0.25, -0.2) is 19.3 Å². The number of ether oxygens (including phenoxy) is 2. The van der Waals surface area contributed by atoms with E-state index in [2.05, 4.69) is 20.6 Å². The second-order valence-electron chi connectivity index (χ2n) is 13.6. The molecule has 1 aliphatic heterocycles. The SMILES string of the molecule is CC(C)(C)OC(=O)c1ccc2nc(CN3CCC(c4cccc(OCc5cccc6ccnn56)n4)CC3)n(CC3CCC3)c2c1. The fourth-order valence-electron chi connectivity index (χ4n) is 6.49. The fourth-order valence-corrected chi connectivity index (χ4v) is 6.49. The van der Waals surface area contributed by atoms with Crippen molar-refractivity contribution in [1.82, 2.24) is 29.0 Å². The molecule has 1 saturated carbocycles. The predicted molar refractivity (Wildman–Crippen MR) is 173 cm³/mol. The van der Waals surface area contributed by atoms with Gasteiger partial charge in [-0.15, -0.1) is 0 Å². The number of rotatable bonds is 9. The summed E-state index contributed by atoms with van der Waals surface area (Å²) >= 11 is 0. The number of carbonyl (C=O) groups excluding carboxylic acids is 1. The van der Waals surface area contributed by atoms with E-state index in [1.807, 2.05) is 79.9 Å². The van der Waals surface area contributed by atoms with Crippen molar-refractivity contribution in [3.05, 3.63) is 89.6 Å². The molecule has 234 valence electrons. The zero-order chi connectivity index (χ0) is 31.0. The molecular formula is C36H42N6O3. The smallest absolute Gasteiger partial charge is 0.338 e. The third-order valence-corrected chi connectivity index (χ3v) is 9.11. The quantitative estimate of drug-likeness (QED) is 0.171. The van der Waals surface area contributed by atoms with Crippen molar-refractivity contribution in [3.8, 4) is 5.88 Å². The number of fused-ring (bicyclic) bond motifs is 2. The van der Waals surface area contributed by atoms with Crippen LogP contribution in [0.2, 0.25) is 0 Å². The highest BCUT2D eigenvalue weighted by atomic mass is 16.6. The van der Waals surface area contributed by atoms with Crippen molar-refractivity contribution in [1.29, 1.82) is 0 Å². The standard InChI is InChI=1S/C36H42N6O3/c1-36(2,3)45-35(43)27-13-14-31-32(21-27)41(22-25-7-4-8-25)33(38-31)23-40-19-16-26(17-20-40)30-11-6-12-34(39-30)44-24-29-10-5-9-28-15-18-37-42(28)29/h5-6,9-15,18,21,25-26H,4,7-8,16-17,19-20,22-24H2,1-3H3. The van der Waals surface area contributed by atoms with E-state index in [4.69, 9.17) is 19.4 Å². The highest BCUT2D eigenvalue weighted by Gasteiger charge is 2.26. The molecular weight excluding hydrogens is 564 g/mol. The van der Waals surface area contributed by atoms with E-state index in [9.17, 15) is 4.79 Å². The first-order valence-electron chi connectivity index (χ1n) is 16.3. The number of hydrogen-bond acceptors (Lipinski definition) is 7. The maximum atomic E-state index is 12.9. The van der Waals surface area contributed by atoms with Crippen LogP contribution in [0.25, 0.3) is 16.6 Å². The summed E-state index contributed by atoms with van der Waals surface area (Å²) in [5.41, 5.74) is 5.15. The predicted octanol–water partition coefficient (Wildman–Crippen LogP) is 6.79. The molecule has 0 bridgehead atoms. The third-order valence-electron chi connectivity index (χ3n) is 9.11. The van der Waals surface area contributed by atoms with Gasteiger partial charge in [-0.2, -0.15) is 5.10 Å². The summed E-state index contributed by atoms with van der Waals surface area (Å²) in [5.74, 6) is 2.50. The Morgan fingerprint density at radius 2 is 1.78 bits per heavy atom. The van der Waals surface area contributed by atoms with Gasteiger partial charge in [-0.1, -0.05) is 18.6 Å². The largest absolute Gasteiger partial charge is 0.471 e. The van der Waals surface area contributed by atoms with Gasteiger partial charge in [-0.05, 0) is 108 Å². The molecule has 1 aliphatic carbocycles. The molecule has 0 atom stereocenters. The van der Waals surface area contributed by atoms with E-state index >= 15 is 0 Å². The number of pyridine rings is 2. The molecule has 7 rings (SSSR count). The van der Waals surface area contributed by atoms with Crippen molar-refractivity contribution in [2.75, 3.05) is 13.1 Å². The Morgan fingerprint density at radius 3 is 2.56 bits per heavy atom. The summed E-state index contributed by atoms with van der Waals surface area (Å²) in [6, 6.07) is 20.0. The van der Waals surface area contributed by atoms with Crippen molar-refractivity contribution in [3.63, 3.8) is 0 Å². The highest BCUT2D eigenvalue weighted by Crippen LogP contribution is 2.32. The van der Waals surface area contributed by atoms with Crippen LogP contribution in [-0.2, 0) is 24.4 Å². The van der Waals surface area contributed by atoms with Crippen LogP contribution in [0, 0.1) is 5.92 Å². The van der Waals surface area contributed by atoms with Gasteiger partial charge in [0.25, 0.3) is 0 Å². The van der Waals surface area contributed by atoms with E-state index in [0.717, 1.165) is 72.8 Å². The van der Waals surface area contributed by atoms with Crippen LogP contribution >= 0.6 is 0 Å². The molecule has 1 saturated heterocycles. The zero-order valence-electron chi connectivity index (χ0n) is 26.5. The summed E-state index contributed by atoms with van der Waals surface area (Å²) in [4.78, 5) is 25.3. The van der Waals surface area contributed by atoms with E-state index in [1.54, 1.807) is 6.20 Å². The molecule has 0 unspecified atom stereocenters. The lowest BCUT2D eigenvalue weighted by Crippen LogP contribution is -2.34. The molecule has 2 fully saturated rings. The van der Waals surface area contributed by atoms with E-state index in [-0.39, 0.29) is 5.97 Å². The number of likely N-dealkylation sites (tertiary alicyclic amines) is 1. The molecule has 5 aromatic rings. The molecule has 9 heteroatoms. The summed E-state index contributed by atoms with van der Waals surface area (Å²) in [6.07, 6.45) is 7.68. The first-order chi connectivity index (χ1) is 21.8. The van der Waals surface area contributed by atoms with Crippen LogP contribution in [0.1, 0.15) is 86.4 Å². The monoisotopic (exact) mass is 606 g/mol. The molecule has 0 radical (unpaired) electrons. The van der Waals surface area contributed by atoms with Crippen molar-refractivity contribution in [2.24, 2.45) is 5.92 Å². The van der Waals surface area contributed by atoms with Crippen LogP contribution in [-0.4, -0.2) is 53.7 Å². The van der Waals surface area contributed by atoms with Gasteiger partial charge in [0.05, 0.1) is 34.4 Å². The van der Waals surface area contributed by atoms with Gasteiger partial charge < -0.3 is 14.0 Å². The summed E-state index contributed by atoms with van der Waals surface area (Å²) in [6.45, 7) is 9.82. The summed E-state index contributed by atoms with van der Waals surface area (Å²) < 4.78 is 16.0. The Morgan fingerprint density at radius 1 is 0.956 bits per heavy atom. The molecule has 9 nitrogen and oxygen atoms in total. The summed E-state index contributed by atoms with van der Waals surface area (Å²) in [7, 11) is 0. The van der Waals surface area contributed by atoms with Crippen LogP contribution in [0.4, 0.5) is 0 Å². The van der Waals surface area contributed by atoms with E-state index < -0.39 is 5.60 Å². The molecule has 0 spiro atoms. The third kappa shape index (κ3) is 6.59. The number of piperidine rings is 1. The normalized spacial score (nSPS) is 16.7. The van der Waals surface area contributed by atoms with Gasteiger partial charge in [0.2, 0.25) is 5.88 Å². The fraction of sp³-hybridized carbons (Fsp3) is 0.444. The van der Waals surface area contributed by atoms with Crippen LogP contribution in [0.5, 0.6) is 5.88 Å². The van der Waals surface area contributed by atoms with Gasteiger partial charge >= 0.3 is 5.97 Å². The number of aromatic nitrogens is 5.